The van der Waals surface area contributed by atoms with Crippen molar-refractivity contribution < 1.29 is 0 Å². The Bertz CT molecular complexity index is 730. The largest absolute Gasteiger partial charge is 0.330 e. The van der Waals surface area contributed by atoms with Gasteiger partial charge in [-0.2, -0.15) is 0 Å². The van der Waals surface area contributed by atoms with Crippen molar-refractivity contribution in [3.8, 4) is 11.3 Å². The maximum Gasteiger partial charge on any atom is 0.0712 e. The molecule has 0 aliphatic rings. The molecular weight excluding hydrogens is 244 g/mol. The fraction of sp³-hybridized carbons (Fsp3) is 0.167. The zero-order chi connectivity index (χ0) is 13.9. The third-order valence-electron chi connectivity index (χ3n) is 3.56. The molecule has 2 nitrogen and oxygen atoms in total. The summed E-state index contributed by atoms with van der Waals surface area (Å²) in [5.41, 5.74) is 11.5. The average molecular weight is 262 g/mol. The molecule has 0 aliphatic heterocycles. The summed E-state index contributed by atoms with van der Waals surface area (Å²) in [6.07, 6.45) is 0.877. The molecule has 0 unspecified atom stereocenters. The van der Waals surface area contributed by atoms with Crippen LogP contribution in [0.1, 0.15) is 11.1 Å². The van der Waals surface area contributed by atoms with Crippen LogP contribution in [-0.2, 0) is 6.42 Å². The van der Waals surface area contributed by atoms with Gasteiger partial charge in [0.25, 0.3) is 0 Å². The minimum absolute atomic E-state index is 0.654. The molecule has 100 valence electrons. The second-order valence-corrected chi connectivity index (χ2v) is 5.09. The molecule has 0 spiro atoms. The van der Waals surface area contributed by atoms with E-state index in [0.717, 1.165) is 23.2 Å². The lowest BCUT2D eigenvalue weighted by atomic mass is 10.0. The molecule has 1 aromatic heterocycles. The highest BCUT2D eigenvalue weighted by molar-refractivity contribution is 5.85. The molecule has 1 heterocycles. The van der Waals surface area contributed by atoms with Crippen molar-refractivity contribution in [3.05, 3.63) is 65.7 Å². The van der Waals surface area contributed by atoms with E-state index in [4.69, 9.17) is 10.7 Å². The van der Waals surface area contributed by atoms with Crippen LogP contribution in [0.2, 0.25) is 0 Å². The van der Waals surface area contributed by atoms with Gasteiger partial charge in [0.05, 0.1) is 11.2 Å². The van der Waals surface area contributed by atoms with Crippen LogP contribution in [-0.4, -0.2) is 11.5 Å². The number of hydrogen-bond acceptors (Lipinski definition) is 2. The Morgan fingerprint density at radius 3 is 2.50 bits per heavy atom. The van der Waals surface area contributed by atoms with E-state index in [9.17, 15) is 0 Å². The van der Waals surface area contributed by atoms with Gasteiger partial charge in [-0.1, -0.05) is 48.0 Å². The molecule has 0 aliphatic carbocycles. The molecule has 0 bridgehead atoms. The van der Waals surface area contributed by atoms with E-state index in [-0.39, 0.29) is 0 Å². The Balaban J connectivity index is 2.18. The summed E-state index contributed by atoms with van der Waals surface area (Å²) >= 11 is 0. The van der Waals surface area contributed by atoms with Crippen LogP contribution in [0, 0.1) is 6.92 Å². The van der Waals surface area contributed by atoms with Crippen LogP contribution in [0.4, 0.5) is 0 Å². The molecule has 2 N–H and O–H groups in total. The zero-order valence-corrected chi connectivity index (χ0v) is 11.6. The first kappa shape index (κ1) is 12.8. The van der Waals surface area contributed by atoms with E-state index in [1.165, 1.54) is 16.5 Å². The second kappa shape index (κ2) is 5.43. The molecule has 0 radical (unpaired) electrons. The molecule has 2 aromatic carbocycles. The summed E-state index contributed by atoms with van der Waals surface area (Å²) in [5, 5.41) is 1.20. The Kier molecular flexibility index (Phi) is 3.48. The number of rotatable bonds is 3. The predicted octanol–water partition coefficient (Wildman–Crippen LogP) is 3.71. The summed E-state index contributed by atoms with van der Waals surface area (Å²) < 4.78 is 0. The zero-order valence-electron chi connectivity index (χ0n) is 11.6. The lowest BCUT2D eigenvalue weighted by Crippen LogP contribution is -2.04. The van der Waals surface area contributed by atoms with Crippen LogP contribution in [0.15, 0.2) is 54.6 Å². The molecule has 0 saturated heterocycles. The number of aromatic nitrogens is 1. The fourth-order valence-corrected chi connectivity index (χ4v) is 2.48. The first-order valence-corrected chi connectivity index (χ1v) is 6.94. The molecule has 3 rings (SSSR count). The van der Waals surface area contributed by atoms with Crippen molar-refractivity contribution in [2.45, 2.75) is 13.3 Å². The van der Waals surface area contributed by atoms with Gasteiger partial charge in [0.1, 0.15) is 0 Å². The Morgan fingerprint density at radius 1 is 1.00 bits per heavy atom. The van der Waals surface area contributed by atoms with Crippen LogP contribution < -0.4 is 5.73 Å². The second-order valence-electron chi connectivity index (χ2n) is 5.09. The van der Waals surface area contributed by atoms with Gasteiger partial charge in [0.15, 0.2) is 0 Å². The van der Waals surface area contributed by atoms with Crippen molar-refractivity contribution >= 4 is 10.9 Å². The number of pyridine rings is 1. The van der Waals surface area contributed by atoms with Gasteiger partial charge in [0, 0.05) is 10.9 Å². The molecule has 2 heteroatoms. The van der Waals surface area contributed by atoms with Crippen molar-refractivity contribution in [2.75, 3.05) is 6.54 Å². The smallest absolute Gasteiger partial charge is 0.0712 e. The molecule has 0 fully saturated rings. The first-order chi connectivity index (χ1) is 9.78. The highest BCUT2D eigenvalue weighted by Gasteiger charge is 2.06. The van der Waals surface area contributed by atoms with Gasteiger partial charge in [-0.15, -0.1) is 0 Å². The third-order valence-corrected chi connectivity index (χ3v) is 3.56. The van der Waals surface area contributed by atoms with Crippen molar-refractivity contribution in [2.24, 2.45) is 5.73 Å². The summed E-state index contributed by atoms with van der Waals surface area (Å²) in [6, 6.07) is 18.9. The average Bonchev–Trinajstić information content (AvgIpc) is 2.48. The topological polar surface area (TPSA) is 38.9 Å². The van der Waals surface area contributed by atoms with E-state index in [2.05, 4.69) is 55.5 Å². The van der Waals surface area contributed by atoms with Gasteiger partial charge >= 0.3 is 0 Å². The van der Waals surface area contributed by atoms with Crippen molar-refractivity contribution in [1.29, 1.82) is 0 Å². The third kappa shape index (κ3) is 2.43. The first-order valence-electron chi connectivity index (χ1n) is 6.94. The molecule has 0 saturated carbocycles. The minimum atomic E-state index is 0.654. The van der Waals surface area contributed by atoms with Crippen molar-refractivity contribution in [3.63, 3.8) is 0 Å². The van der Waals surface area contributed by atoms with E-state index >= 15 is 0 Å². The van der Waals surface area contributed by atoms with Gasteiger partial charge in [-0.3, -0.25) is 0 Å². The van der Waals surface area contributed by atoms with E-state index in [0.29, 0.717) is 6.54 Å². The van der Waals surface area contributed by atoms with E-state index < -0.39 is 0 Å². The lowest BCUT2D eigenvalue weighted by Gasteiger charge is -2.09. The van der Waals surface area contributed by atoms with Crippen LogP contribution in [0.5, 0.6) is 0 Å². The number of nitrogens with zero attached hydrogens (tertiary/aromatic N) is 1. The van der Waals surface area contributed by atoms with Gasteiger partial charge < -0.3 is 5.73 Å². The molecule has 0 atom stereocenters. The molecular formula is C18H18N2. The fourth-order valence-electron chi connectivity index (χ4n) is 2.48. The number of benzene rings is 2. The normalized spacial score (nSPS) is 10.9. The number of aryl methyl sites for hydroxylation is 1. The molecule has 0 amide bonds. The van der Waals surface area contributed by atoms with E-state index in [1.807, 2.05) is 6.07 Å². The maximum atomic E-state index is 5.74. The minimum Gasteiger partial charge on any atom is -0.330 e. The number of nitrogens with two attached hydrogens (primary N) is 1. The van der Waals surface area contributed by atoms with Crippen molar-refractivity contribution in [1.82, 2.24) is 4.98 Å². The van der Waals surface area contributed by atoms with Gasteiger partial charge in [-0.05, 0) is 37.6 Å². The quantitative estimate of drug-likeness (QED) is 0.781. The lowest BCUT2D eigenvalue weighted by molar-refractivity contribution is 0.975. The predicted molar refractivity (Wildman–Crippen MR) is 84.7 cm³/mol. The van der Waals surface area contributed by atoms with E-state index in [1.54, 1.807) is 0 Å². The number of hydrogen-bond donors (Lipinski definition) is 1. The highest BCUT2D eigenvalue weighted by atomic mass is 14.7. The Hall–Kier alpha value is -2.19. The number of fused-ring (bicyclic) bond motifs is 1. The summed E-state index contributed by atoms with van der Waals surface area (Å²) in [4.78, 5) is 4.78. The summed E-state index contributed by atoms with van der Waals surface area (Å²) in [6.45, 7) is 2.75. The van der Waals surface area contributed by atoms with Crippen LogP contribution >= 0.6 is 0 Å². The Morgan fingerprint density at radius 2 is 1.75 bits per heavy atom. The standard InChI is InChI=1S/C18H18N2/c1-13-6-8-14(9-7-13)18-12-15(10-11-19)16-4-2-3-5-17(16)20-18/h2-9,12H,10-11,19H2,1H3. The maximum absolute atomic E-state index is 5.74. The van der Waals surface area contributed by atoms with Crippen LogP contribution in [0.3, 0.4) is 0 Å². The van der Waals surface area contributed by atoms with Gasteiger partial charge in [-0.25, -0.2) is 4.98 Å². The number of para-hydroxylation sites is 1. The van der Waals surface area contributed by atoms with Crippen LogP contribution in [0.25, 0.3) is 22.2 Å². The summed E-state index contributed by atoms with van der Waals surface area (Å²) in [5.74, 6) is 0. The molecule has 3 aromatic rings. The monoisotopic (exact) mass is 262 g/mol. The Labute approximate surface area is 119 Å². The highest BCUT2D eigenvalue weighted by Crippen LogP contribution is 2.25. The summed E-state index contributed by atoms with van der Waals surface area (Å²) in [7, 11) is 0. The molecule has 20 heavy (non-hydrogen) atoms. The van der Waals surface area contributed by atoms with Gasteiger partial charge in [0.2, 0.25) is 0 Å². The SMILES string of the molecule is Cc1ccc(-c2cc(CCN)c3ccccc3n2)cc1.